The summed E-state index contributed by atoms with van der Waals surface area (Å²) in [6.45, 7) is 5.94. The average molecular weight is 381 g/mol. The van der Waals surface area contributed by atoms with Crippen molar-refractivity contribution in [2.45, 2.75) is 18.9 Å². The van der Waals surface area contributed by atoms with Gasteiger partial charge in [0.25, 0.3) is 5.91 Å². The van der Waals surface area contributed by atoms with Crippen LogP contribution in [0.5, 0.6) is 11.5 Å². The summed E-state index contributed by atoms with van der Waals surface area (Å²) < 4.78 is 10.4. The quantitative estimate of drug-likeness (QED) is 0.589. The molecule has 0 saturated heterocycles. The highest BCUT2D eigenvalue weighted by molar-refractivity contribution is 6.11. The summed E-state index contributed by atoms with van der Waals surface area (Å²) >= 11 is 0. The molecule has 0 saturated carbocycles. The SMILES string of the molecule is C=C(C)CN1C(=O)C(O)(CC(=O)c2ccc(OC)c(OC)c2)c2ccccc21. The van der Waals surface area contributed by atoms with Crippen molar-refractivity contribution < 1.29 is 24.2 Å². The molecule has 1 unspecified atom stereocenters. The van der Waals surface area contributed by atoms with E-state index in [9.17, 15) is 14.7 Å². The Morgan fingerprint density at radius 3 is 2.46 bits per heavy atom. The van der Waals surface area contributed by atoms with Gasteiger partial charge in [-0.3, -0.25) is 9.59 Å². The number of methoxy groups -OCH3 is 2. The lowest BCUT2D eigenvalue weighted by Gasteiger charge is -2.23. The Kier molecular flexibility index (Phi) is 5.25. The van der Waals surface area contributed by atoms with Crippen LogP contribution in [0.15, 0.2) is 54.6 Å². The lowest BCUT2D eigenvalue weighted by molar-refractivity contribution is -0.135. The number of hydrogen-bond donors (Lipinski definition) is 1. The van der Waals surface area contributed by atoms with Crippen LogP contribution in [0.25, 0.3) is 0 Å². The highest BCUT2D eigenvalue weighted by atomic mass is 16.5. The molecule has 28 heavy (non-hydrogen) atoms. The highest BCUT2D eigenvalue weighted by Gasteiger charge is 2.50. The summed E-state index contributed by atoms with van der Waals surface area (Å²) in [6, 6.07) is 11.7. The smallest absolute Gasteiger partial charge is 0.264 e. The standard InChI is InChI=1S/C22H23NO5/c1-14(2)13-23-17-8-6-5-7-16(17)22(26,21(23)25)12-18(24)15-9-10-19(27-3)20(11-15)28-4/h5-11,26H,1,12-13H2,2-4H3. The number of para-hydroxylation sites is 1. The molecule has 1 N–H and O–H groups in total. The summed E-state index contributed by atoms with van der Waals surface area (Å²) in [5, 5.41) is 11.3. The normalized spacial score (nSPS) is 18.0. The van der Waals surface area contributed by atoms with E-state index in [2.05, 4.69) is 6.58 Å². The molecule has 0 fully saturated rings. The minimum atomic E-state index is -1.92. The second-order valence-electron chi connectivity index (χ2n) is 6.90. The molecule has 1 atom stereocenters. The zero-order chi connectivity index (χ0) is 20.5. The minimum absolute atomic E-state index is 0.280. The molecule has 146 valence electrons. The Labute approximate surface area is 164 Å². The van der Waals surface area contributed by atoms with Crippen molar-refractivity contribution >= 4 is 17.4 Å². The zero-order valence-corrected chi connectivity index (χ0v) is 16.2. The van der Waals surface area contributed by atoms with Crippen molar-refractivity contribution in [2.75, 3.05) is 25.7 Å². The Balaban J connectivity index is 1.96. The Morgan fingerprint density at radius 1 is 1.14 bits per heavy atom. The van der Waals surface area contributed by atoms with Crippen LogP contribution in [0.1, 0.15) is 29.3 Å². The maximum atomic E-state index is 13.0. The van der Waals surface area contributed by atoms with Gasteiger partial charge in [-0.05, 0) is 31.2 Å². The number of anilines is 1. The number of ether oxygens (including phenoxy) is 2. The van der Waals surface area contributed by atoms with Crippen LogP contribution in [-0.4, -0.2) is 37.6 Å². The van der Waals surface area contributed by atoms with Crippen molar-refractivity contribution in [3.8, 4) is 11.5 Å². The van der Waals surface area contributed by atoms with Gasteiger partial charge in [-0.1, -0.05) is 30.4 Å². The van der Waals surface area contributed by atoms with Gasteiger partial charge in [-0.15, -0.1) is 0 Å². The lowest BCUT2D eigenvalue weighted by atomic mass is 9.88. The fraction of sp³-hybridized carbons (Fsp3) is 0.273. The van der Waals surface area contributed by atoms with Crippen LogP contribution < -0.4 is 14.4 Å². The predicted molar refractivity (Wildman–Crippen MR) is 106 cm³/mol. The zero-order valence-electron chi connectivity index (χ0n) is 16.2. The van der Waals surface area contributed by atoms with Crippen molar-refractivity contribution in [1.29, 1.82) is 0 Å². The van der Waals surface area contributed by atoms with E-state index in [1.165, 1.54) is 19.1 Å². The molecule has 1 aliphatic rings. The highest BCUT2D eigenvalue weighted by Crippen LogP contribution is 2.43. The first-order valence-corrected chi connectivity index (χ1v) is 8.85. The molecule has 6 heteroatoms. The fourth-order valence-electron chi connectivity index (χ4n) is 3.45. The van der Waals surface area contributed by atoms with Crippen LogP contribution in [0.3, 0.4) is 0 Å². The fourth-order valence-corrected chi connectivity index (χ4v) is 3.45. The van der Waals surface area contributed by atoms with E-state index in [0.29, 0.717) is 28.3 Å². The van der Waals surface area contributed by atoms with Gasteiger partial charge in [0, 0.05) is 17.7 Å². The maximum Gasteiger partial charge on any atom is 0.264 e. The number of benzene rings is 2. The van der Waals surface area contributed by atoms with E-state index in [-0.39, 0.29) is 18.7 Å². The summed E-state index contributed by atoms with van der Waals surface area (Å²) in [6.07, 6.45) is -0.370. The number of rotatable bonds is 7. The number of hydrogen-bond acceptors (Lipinski definition) is 5. The van der Waals surface area contributed by atoms with Gasteiger partial charge in [0.15, 0.2) is 22.9 Å². The number of aliphatic hydroxyl groups is 1. The third kappa shape index (κ3) is 3.27. The molecule has 2 aromatic carbocycles. The van der Waals surface area contributed by atoms with Gasteiger partial charge in [-0.25, -0.2) is 0 Å². The van der Waals surface area contributed by atoms with Crippen molar-refractivity contribution in [2.24, 2.45) is 0 Å². The van der Waals surface area contributed by atoms with Crippen LogP contribution in [-0.2, 0) is 10.4 Å². The van der Waals surface area contributed by atoms with Crippen LogP contribution in [0, 0.1) is 0 Å². The molecular formula is C22H23NO5. The van der Waals surface area contributed by atoms with Crippen molar-refractivity contribution in [3.63, 3.8) is 0 Å². The van der Waals surface area contributed by atoms with Crippen molar-refractivity contribution in [1.82, 2.24) is 0 Å². The Bertz CT molecular complexity index is 952. The number of carbonyl (C=O) groups is 2. The molecule has 2 aromatic rings. The Morgan fingerprint density at radius 2 is 1.82 bits per heavy atom. The second-order valence-corrected chi connectivity index (χ2v) is 6.90. The Hall–Kier alpha value is -3.12. The summed E-state index contributed by atoms with van der Waals surface area (Å²) in [7, 11) is 2.98. The average Bonchev–Trinajstić information content (AvgIpc) is 2.89. The largest absolute Gasteiger partial charge is 0.493 e. The van der Waals surface area contributed by atoms with E-state index in [4.69, 9.17) is 9.47 Å². The summed E-state index contributed by atoms with van der Waals surface area (Å²) in [5.41, 5.74) is 0.206. The summed E-state index contributed by atoms with van der Waals surface area (Å²) in [5.74, 6) is 0.00406. The molecule has 1 heterocycles. The molecule has 1 amide bonds. The van der Waals surface area contributed by atoms with Crippen LogP contribution in [0.2, 0.25) is 0 Å². The molecule has 0 spiro atoms. The van der Waals surface area contributed by atoms with Gasteiger partial charge in [0.05, 0.1) is 26.3 Å². The van der Waals surface area contributed by atoms with E-state index >= 15 is 0 Å². The number of Topliss-reactive ketones (excluding diaryl/α,β-unsaturated/α-hetero) is 1. The van der Waals surface area contributed by atoms with Gasteiger partial charge >= 0.3 is 0 Å². The van der Waals surface area contributed by atoms with E-state index < -0.39 is 11.5 Å². The number of carbonyl (C=O) groups excluding carboxylic acids is 2. The molecule has 0 bridgehead atoms. The topological polar surface area (TPSA) is 76.1 Å². The van der Waals surface area contributed by atoms with Crippen LogP contribution in [0.4, 0.5) is 5.69 Å². The van der Waals surface area contributed by atoms with E-state index in [1.807, 2.05) is 6.92 Å². The van der Waals surface area contributed by atoms with Crippen LogP contribution >= 0.6 is 0 Å². The molecule has 1 aliphatic heterocycles. The first kappa shape index (κ1) is 19.6. The van der Waals surface area contributed by atoms with E-state index in [0.717, 1.165) is 5.57 Å². The number of amides is 1. The number of nitrogens with zero attached hydrogens (tertiary/aromatic N) is 1. The number of ketones is 1. The molecular weight excluding hydrogens is 358 g/mol. The molecule has 0 aliphatic carbocycles. The minimum Gasteiger partial charge on any atom is -0.493 e. The first-order valence-electron chi connectivity index (χ1n) is 8.85. The van der Waals surface area contributed by atoms with Crippen molar-refractivity contribution in [3.05, 3.63) is 65.7 Å². The maximum absolute atomic E-state index is 13.0. The van der Waals surface area contributed by atoms with E-state index in [1.54, 1.807) is 42.5 Å². The molecule has 0 radical (unpaired) electrons. The summed E-state index contributed by atoms with van der Waals surface area (Å²) in [4.78, 5) is 27.4. The van der Waals surface area contributed by atoms with Gasteiger partial charge in [0.2, 0.25) is 0 Å². The van der Waals surface area contributed by atoms with Gasteiger partial charge < -0.3 is 19.5 Å². The first-order chi connectivity index (χ1) is 13.3. The second kappa shape index (κ2) is 7.48. The van der Waals surface area contributed by atoms with Gasteiger partial charge in [-0.2, -0.15) is 0 Å². The van der Waals surface area contributed by atoms with Gasteiger partial charge in [0.1, 0.15) is 0 Å². The number of fused-ring (bicyclic) bond motifs is 1. The third-order valence-corrected chi connectivity index (χ3v) is 4.79. The lowest BCUT2D eigenvalue weighted by Crippen LogP contribution is -2.42. The molecule has 0 aromatic heterocycles. The third-order valence-electron chi connectivity index (χ3n) is 4.79. The molecule has 6 nitrogen and oxygen atoms in total. The molecule has 3 rings (SSSR count). The monoisotopic (exact) mass is 381 g/mol. The predicted octanol–water partition coefficient (Wildman–Crippen LogP) is 3.09.